The fraction of sp³-hybridized carbons (Fsp3) is 0.714. The molecule has 2 aliphatic heterocycles. The summed E-state index contributed by atoms with van der Waals surface area (Å²) in [6.45, 7) is 8.61. The number of ether oxygens (including phenoxy) is 1. The Bertz CT molecular complexity index is 683. The average molecular weight is 328 g/mol. The lowest BCUT2D eigenvalue weighted by atomic mass is 9.34. The van der Waals surface area contributed by atoms with Gasteiger partial charge in [-0.2, -0.15) is 0 Å². The van der Waals surface area contributed by atoms with Gasteiger partial charge in [0.25, 0.3) is 0 Å². The summed E-state index contributed by atoms with van der Waals surface area (Å²) < 4.78 is 6.28. The van der Waals surface area contributed by atoms with Crippen LogP contribution in [0.1, 0.15) is 66.2 Å². The van der Waals surface area contributed by atoms with Gasteiger partial charge in [0.05, 0.1) is 5.41 Å². The standard InChI is InChI=1S/C21H28O3/c1-13(2)6-5-8-20(4)15-7-9-19(3)12-17(23)21(15)16(20)10-14(22)11-18(21)24-19/h6,11,15-16H,5,7-10,12H2,1-4H3/t15-,16+,19-,20-,21?/m0/s1. The van der Waals surface area contributed by atoms with Gasteiger partial charge in [0.2, 0.25) is 0 Å². The summed E-state index contributed by atoms with van der Waals surface area (Å²) in [7, 11) is 0. The van der Waals surface area contributed by atoms with Crippen LogP contribution in [-0.2, 0) is 14.3 Å². The van der Waals surface area contributed by atoms with Crippen molar-refractivity contribution in [2.45, 2.75) is 71.8 Å². The fourth-order valence-electron chi connectivity index (χ4n) is 6.29. The second-order valence-electron chi connectivity index (χ2n) is 9.17. The van der Waals surface area contributed by atoms with Crippen LogP contribution in [0.4, 0.5) is 0 Å². The SMILES string of the molecule is CC(C)=CCC[C@@]1(C)[C@@H]2CC[C@@]3(C)CC(=O)C24C(=CC(=O)C[C@@H]41)O3. The van der Waals surface area contributed by atoms with Crippen LogP contribution in [0.2, 0.25) is 0 Å². The van der Waals surface area contributed by atoms with Gasteiger partial charge in [-0.1, -0.05) is 18.6 Å². The van der Waals surface area contributed by atoms with Crippen LogP contribution in [-0.4, -0.2) is 17.2 Å². The fourth-order valence-corrected chi connectivity index (χ4v) is 6.29. The number of carbonyl (C=O) groups is 2. The number of allylic oxidation sites excluding steroid dienone is 4. The molecule has 130 valence electrons. The summed E-state index contributed by atoms with van der Waals surface area (Å²) in [5, 5.41) is 0. The topological polar surface area (TPSA) is 43.4 Å². The number of hydrogen-bond acceptors (Lipinski definition) is 3. The van der Waals surface area contributed by atoms with E-state index in [4.69, 9.17) is 4.74 Å². The smallest absolute Gasteiger partial charge is 0.159 e. The lowest BCUT2D eigenvalue weighted by Gasteiger charge is -2.68. The van der Waals surface area contributed by atoms with Crippen molar-refractivity contribution in [2.75, 3.05) is 0 Å². The van der Waals surface area contributed by atoms with Gasteiger partial charge in [-0.15, -0.1) is 0 Å². The minimum Gasteiger partial charge on any atom is -0.490 e. The first-order chi connectivity index (χ1) is 11.2. The van der Waals surface area contributed by atoms with Crippen molar-refractivity contribution < 1.29 is 14.3 Å². The first kappa shape index (κ1) is 16.1. The number of Topliss-reactive ketones (excluding diaryl/α,β-unsaturated/α-hetero) is 1. The third-order valence-electron chi connectivity index (χ3n) is 7.35. The first-order valence-corrected chi connectivity index (χ1v) is 9.33. The van der Waals surface area contributed by atoms with Crippen molar-refractivity contribution in [3.8, 4) is 0 Å². The summed E-state index contributed by atoms with van der Waals surface area (Å²) >= 11 is 0. The Morgan fingerprint density at radius 1 is 1.29 bits per heavy atom. The second-order valence-corrected chi connectivity index (χ2v) is 9.17. The van der Waals surface area contributed by atoms with Gasteiger partial charge in [-0.25, -0.2) is 0 Å². The number of hydrogen-bond donors (Lipinski definition) is 0. The van der Waals surface area contributed by atoms with E-state index in [1.54, 1.807) is 6.08 Å². The van der Waals surface area contributed by atoms with E-state index in [1.165, 1.54) is 5.57 Å². The highest BCUT2D eigenvalue weighted by Gasteiger charge is 2.77. The maximum Gasteiger partial charge on any atom is 0.159 e. The highest BCUT2D eigenvalue weighted by Crippen LogP contribution is 2.76. The third-order valence-corrected chi connectivity index (χ3v) is 7.35. The molecular formula is C21H28O3. The molecule has 2 saturated heterocycles. The molecule has 3 aliphatic carbocycles. The summed E-state index contributed by atoms with van der Waals surface area (Å²) in [5.41, 5.74) is 0.509. The molecule has 0 radical (unpaired) electrons. The zero-order valence-corrected chi connectivity index (χ0v) is 15.3. The van der Waals surface area contributed by atoms with Crippen molar-refractivity contribution in [3.63, 3.8) is 0 Å². The Morgan fingerprint density at radius 2 is 2.04 bits per heavy atom. The van der Waals surface area contributed by atoms with Crippen LogP contribution in [0.5, 0.6) is 0 Å². The van der Waals surface area contributed by atoms with Gasteiger partial charge in [0.1, 0.15) is 11.4 Å². The van der Waals surface area contributed by atoms with E-state index in [0.29, 0.717) is 30.3 Å². The van der Waals surface area contributed by atoms with Crippen molar-refractivity contribution in [2.24, 2.45) is 22.7 Å². The minimum atomic E-state index is -0.482. The van der Waals surface area contributed by atoms with Crippen molar-refractivity contribution in [3.05, 3.63) is 23.5 Å². The molecular weight excluding hydrogens is 300 g/mol. The van der Waals surface area contributed by atoms with Crippen LogP contribution >= 0.6 is 0 Å². The minimum absolute atomic E-state index is 0.0652. The van der Waals surface area contributed by atoms with Crippen LogP contribution in [0.15, 0.2) is 23.5 Å². The summed E-state index contributed by atoms with van der Waals surface area (Å²) in [6, 6.07) is 0. The molecule has 3 heteroatoms. The molecule has 2 saturated carbocycles. The summed E-state index contributed by atoms with van der Waals surface area (Å²) in [5.74, 6) is 1.64. The molecule has 5 atom stereocenters. The molecule has 24 heavy (non-hydrogen) atoms. The molecule has 1 spiro atoms. The lowest BCUT2D eigenvalue weighted by Crippen LogP contribution is -2.70. The average Bonchev–Trinajstić information content (AvgIpc) is 2.65. The van der Waals surface area contributed by atoms with Gasteiger partial charge in [0, 0.05) is 18.9 Å². The van der Waals surface area contributed by atoms with E-state index in [9.17, 15) is 9.59 Å². The predicted octanol–water partition coefficient (Wildman–Crippen LogP) is 4.37. The zero-order chi connectivity index (χ0) is 17.3. The van der Waals surface area contributed by atoms with Crippen molar-refractivity contribution >= 4 is 11.6 Å². The van der Waals surface area contributed by atoms with Crippen LogP contribution in [0.3, 0.4) is 0 Å². The monoisotopic (exact) mass is 328 g/mol. The maximum atomic E-state index is 13.2. The first-order valence-electron chi connectivity index (χ1n) is 9.33. The Kier molecular flexibility index (Phi) is 3.24. The quantitative estimate of drug-likeness (QED) is 0.723. The van der Waals surface area contributed by atoms with Gasteiger partial charge in [-0.3, -0.25) is 9.59 Å². The van der Waals surface area contributed by atoms with E-state index in [2.05, 4.69) is 26.8 Å². The van der Waals surface area contributed by atoms with E-state index in [1.807, 2.05) is 6.92 Å². The molecule has 0 aromatic rings. The highest BCUT2D eigenvalue weighted by atomic mass is 16.5. The molecule has 0 N–H and O–H groups in total. The van der Waals surface area contributed by atoms with E-state index in [-0.39, 0.29) is 17.1 Å². The predicted molar refractivity (Wildman–Crippen MR) is 92.2 cm³/mol. The summed E-state index contributed by atoms with van der Waals surface area (Å²) in [4.78, 5) is 25.5. The van der Waals surface area contributed by atoms with Crippen LogP contribution in [0.25, 0.3) is 0 Å². The van der Waals surface area contributed by atoms with Crippen LogP contribution in [0, 0.1) is 22.7 Å². The normalized spacial score (nSPS) is 45.6. The summed E-state index contributed by atoms with van der Waals surface area (Å²) in [6.07, 6.45) is 9.00. The van der Waals surface area contributed by atoms with E-state index in [0.717, 1.165) is 25.7 Å². The molecule has 0 amide bonds. The number of carbonyl (C=O) groups excluding carboxylic acids is 2. The maximum absolute atomic E-state index is 13.2. The van der Waals surface area contributed by atoms with Crippen molar-refractivity contribution in [1.29, 1.82) is 0 Å². The molecule has 5 rings (SSSR count). The second kappa shape index (κ2) is 4.83. The number of ketones is 2. The Balaban J connectivity index is 1.77. The van der Waals surface area contributed by atoms with Crippen molar-refractivity contribution in [1.82, 2.24) is 0 Å². The largest absolute Gasteiger partial charge is 0.490 e. The van der Waals surface area contributed by atoms with E-state index >= 15 is 0 Å². The Morgan fingerprint density at radius 3 is 2.75 bits per heavy atom. The molecule has 4 fully saturated rings. The molecule has 0 aromatic heterocycles. The Hall–Kier alpha value is -1.38. The molecule has 3 nitrogen and oxygen atoms in total. The Labute approximate surface area is 144 Å². The van der Waals surface area contributed by atoms with Crippen LogP contribution < -0.4 is 0 Å². The van der Waals surface area contributed by atoms with Gasteiger partial charge >= 0.3 is 0 Å². The number of rotatable bonds is 3. The highest BCUT2D eigenvalue weighted by molar-refractivity contribution is 6.00. The molecule has 0 aromatic carbocycles. The lowest BCUT2D eigenvalue weighted by molar-refractivity contribution is -0.213. The van der Waals surface area contributed by atoms with Gasteiger partial charge in [-0.05, 0) is 63.7 Å². The zero-order valence-electron chi connectivity index (χ0n) is 15.3. The molecule has 1 unspecified atom stereocenters. The molecule has 5 aliphatic rings. The molecule has 2 heterocycles. The number of fused-ring (bicyclic) bond motifs is 2. The van der Waals surface area contributed by atoms with E-state index < -0.39 is 11.0 Å². The third kappa shape index (κ3) is 1.84. The van der Waals surface area contributed by atoms with Gasteiger partial charge in [0.15, 0.2) is 11.6 Å². The van der Waals surface area contributed by atoms with Gasteiger partial charge < -0.3 is 4.74 Å². The molecule has 2 bridgehead atoms.